The Hall–Kier alpha value is -1.79. The van der Waals surface area contributed by atoms with Crippen LogP contribution in [0.25, 0.3) is 0 Å². The summed E-state index contributed by atoms with van der Waals surface area (Å²) in [4.78, 5) is 28.2. The van der Waals surface area contributed by atoms with E-state index in [4.69, 9.17) is 16.3 Å². The molecule has 0 saturated carbocycles. The number of halogens is 1. The highest BCUT2D eigenvalue weighted by Crippen LogP contribution is 2.27. The van der Waals surface area contributed by atoms with Crippen LogP contribution in [0.3, 0.4) is 0 Å². The average molecular weight is 368 g/mol. The van der Waals surface area contributed by atoms with Crippen molar-refractivity contribution < 1.29 is 14.3 Å². The molecule has 0 aliphatic carbocycles. The molecule has 1 saturated heterocycles. The van der Waals surface area contributed by atoms with E-state index >= 15 is 0 Å². The van der Waals surface area contributed by atoms with Gasteiger partial charge in [-0.3, -0.25) is 14.5 Å². The number of carbonyl (C=O) groups is 2. The van der Waals surface area contributed by atoms with E-state index in [1.807, 2.05) is 0 Å². The molecule has 25 heavy (non-hydrogen) atoms. The van der Waals surface area contributed by atoms with E-state index in [1.54, 1.807) is 25.2 Å². The van der Waals surface area contributed by atoms with Crippen LogP contribution >= 0.6 is 11.6 Å². The van der Waals surface area contributed by atoms with E-state index in [-0.39, 0.29) is 18.4 Å². The maximum Gasteiger partial charge on any atom is 0.244 e. The highest BCUT2D eigenvalue weighted by Gasteiger charge is 2.18. The number of nitrogens with one attached hydrogen (secondary N) is 1. The summed E-state index contributed by atoms with van der Waals surface area (Å²) in [5, 5.41) is 3.25. The van der Waals surface area contributed by atoms with Crippen molar-refractivity contribution in [2.75, 3.05) is 45.7 Å². The van der Waals surface area contributed by atoms with Crippen LogP contribution in [-0.4, -0.2) is 62.0 Å². The second-order valence-electron chi connectivity index (χ2n) is 6.33. The lowest BCUT2D eigenvalue weighted by molar-refractivity contribution is -0.134. The first kappa shape index (κ1) is 19.5. The molecule has 1 heterocycles. The first-order chi connectivity index (χ1) is 12.0. The van der Waals surface area contributed by atoms with Gasteiger partial charge in [0.25, 0.3) is 0 Å². The zero-order valence-electron chi connectivity index (χ0n) is 14.9. The first-order valence-electron chi connectivity index (χ1n) is 8.59. The van der Waals surface area contributed by atoms with E-state index in [0.717, 1.165) is 25.9 Å². The minimum atomic E-state index is -0.285. The third kappa shape index (κ3) is 6.21. The molecule has 1 aromatic rings. The third-order valence-corrected chi connectivity index (χ3v) is 4.53. The molecule has 0 atom stereocenters. The molecule has 1 aliphatic heterocycles. The molecule has 138 valence electrons. The second-order valence-corrected chi connectivity index (χ2v) is 6.77. The summed E-state index contributed by atoms with van der Waals surface area (Å²) < 4.78 is 5.21. The number of hydrogen-bond acceptors (Lipinski definition) is 4. The van der Waals surface area contributed by atoms with Crippen molar-refractivity contribution in [3.05, 3.63) is 23.2 Å². The Bertz CT molecular complexity index is 601. The van der Waals surface area contributed by atoms with E-state index in [1.165, 1.54) is 24.9 Å². The fourth-order valence-corrected chi connectivity index (χ4v) is 3.05. The summed E-state index contributed by atoms with van der Waals surface area (Å²) in [5.41, 5.74) is 0.494. The number of nitrogens with zero attached hydrogens (tertiary/aromatic N) is 2. The fourth-order valence-electron chi connectivity index (χ4n) is 2.88. The van der Waals surface area contributed by atoms with Gasteiger partial charge in [-0.2, -0.15) is 0 Å². The van der Waals surface area contributed by atoms with Crippen molar-refractivity contribution in [3.8, 4) is 5.75 Å². The van der Waals surface area contributed by atoms with Crippen LogP contribution in [0, 0.1) is 0 Å². The monoisotopic (exact) mass is 367 g/mol. The molecule has 1 fully saturated rings. The molecule has 0 spiro atoms. The Balaban J connectivity index is 1.86. The van der Waals surface area contributed by atoms with Gasteiger partial charge in [-0.1, -0.05) is 24.4 Å². The number of rotatable bonds is 6. The van der Waals surface area contributed by atoms with Gasteiger partial charge >= 0.3 is 0 Å². The normalized spacial score (nSPS) is 15.3. The molecular formula is C18H26ClN3O3. The van der Waals surface area contributed by atoms with Gasteiger partial charge in [0.1, 0.15) is 5.75 Å². The lowest BCUT2D eigenvalue weighted by Gasteiger charge is -2.23. The molecule has 0 unspecified atom stereocenters. The van der Waals surface area contributed by atoms with Crippen LogP contribution in [0.5, 0.6) is 5.75 Å². The van der Waals surface area contributed by atoms with Crippen LogP contribution in [0.4, 0.5) is 5.69 Å². The van der Waals surface area contributed by atoms with E-state index < -0.39 is 0 Å². The quantitative estimate of drug-likeness (QED) is 0.839. The van der Waals surface area contributed by atoms with Gasteiger partial charge in [-0.05, 0) is 44.1 Å². The topological polar surface area (TPSA) is 61.9 Å². The molecule has 7 heteroatoms. The average Bonchev–Trinajstić information content (AvgIpc) is 2.83. The van der Waals surface area contributed by atoms with Gasteiger partial charge in [-0.15, -0.1) is 0 Å². The Labute approximate surface area is 154 Å². The van der Waals surface area contributed by atoms with Crippen molar-refractivity contribution in [1.29, 1.82) is 0 Å². The van der Waals surface area contributed by atoms with Crippen molar-refractivity contribution in [2.24, 2.45) is 0 Å². The van der Waals surface area contributed by atoms with E-state index in [2.05, 4.69) is 10.2 Å². The molecule has 2 amide bonds. The summed E-state index contributed by atoms with van der Waals surface area (Å²) in [5.74, 6) is 0.193. The van der Waals surface area contributed by atoms with Crippen LogP contribution in [0.15, 0.2) is 18.2 Å². The second kappa shape index (κ2) is 9.63. The van der Waals surface area contributed by atoms with Crippen molar-refractivity contribution in [3.63, 3.8) is 0 Å². The van der Waals surface area contributed by atoms with Crippen molar-refractivity contribution >= 4 is 29.1 Å². The number of methoxy groups -OCH3 is 1. The minimum Gasteiger partial charge on any atom is -0.495 e. The number of likely N-dealkylation sites (tertiary alicyclic amines) is 1. The van der Waals surface area contributed by atoms with Crippen LogP contribution in [-0.2, 0) is 9.59 Å². The van der Waals surface area contributed by atoms with Gasteiger partial charge in [0.15, 0.2) is 0 Å². The Morgan fingerprint density at radius 1 is 1.24 bits per heavy atom. The zero-order chi connectivity index (χ0) is 18.2. The standard InChI is InChI=1S/C18H26ClN3O3/c1-21(18(24)13-22-9-5-3-4-6-10-22)12-17(23)20-15-11-14(19)7-8-16(15)25-2/h7-8,11H,3-6,9-10,12-13H2,1-2H3,(H,20,23). The number of likely N-dealkylation sites (N-methyl/N-ethyl adjacent to an activating group) is 1. The molecule has 0 radical (unpaired) electrons. The highest BCUT2D eigenvalue weighted by molar-refractivity contribution is 6.31. The Morgan fingerprint density at radius 3 is 2.56 bits per heavy atom. The van der Waals surface area contributed by atoms with Crippen LogP contribution in [0.1, 0.15) is 25.7 Å². The number of anilines is 1. The van der Waals surface area contributed by atoms with E-state index in [0.29, 0.717) is 23.0 Å². The molecular weight excluding hydrogens is 342 g/mol. The predicted octanol–water partition coefficient (Wildman–Crippen LogP) is 2.62. The maximum atomic E-state index is 12.3. The number of carbonyl (C=O) groups excluding carboxylic acids is 2. The first-order valence-corrected chi connectivity index (χ1v) is 8.97. The summed E-state index contributed by atoms with van der Waals surface area (Å²) in [6.07, 6.45) is 4.72. The molecule has 0 aromatic heterocycles. The van der Waals surface area contributed by atoms with Gasteiger partial charge < -0.3 is 15.0 Å². The predicted molar refractivity (Wildman–Crippen MR) is 99.2 cm³/mol. The molecule has 2 rings (SSSR count). The third-order valence-electron chi connectivity index (χ3n) is 4.30. The number of hydrogen-bond donors (Lipinski definition) is 1. The number of ether oxygens (including phenoxy) is 1. The van der Waals surface area contributed by atoms with Gasteiger partial charge in [-0.25, -0.2) is 0 Å². The lowest BCUT2D eigenvalue weighted by Crippen LogP contribution is -2.42. The summed E-state index contributed by atoms with van der Waals surface area (Å²) in [6, 6.07) is 5.00. The van der Waals surface area contributed by atoms with Crippen molar-refractivity contribution in [1.82, 2.24) is 9.80 Å². The van der Waals surface area contributed by atoms with Crippen molar-refractivity contribution in [2.45, 2.75) is 25.7 Å². The van der Waals surface area contributed by atoms with Gasteiger partial charge in [0.05, 0.1) is 25.9 Å². The van der Waals surface area contributed by atoms with E-state index in [9.17, 15) is 9.59 Å². The number of amides is 2. The molecule has 6 nitrogen and oxygen atoms in total. The molecule has 1 N–H and O–H groups in total. The molecule has 1 aliphatic rings. The Morgan fingerprint density at radius 2 is 1.92 bits per heavy atom. The maximum absolute atomic E-state index is 12.3. The summed E-state index contributed by atoms with van der Waals surface area (Å²) in [6.45, 7) is 2.25. The van der Waals surface area contributed by atoms with Crippen LogP contribution in [0.2, 0.25) is 5.02 Å². The lowest BCUT2D eigenvalue weighted by atomic mass is 10.2. The number of benzene rings is 1. The molecule has 1 aromatic carbocycles. The van der Waals surface area contributed by atoms with Gasteiger partial charge in [0, 0.05) is 12.1 Å². The zero-order valence-corrected chi connectivity index (χ0v) is 15.6. The molecule has 0 bridgehead atoms. The largest absolute Gasteiger partial charge is 0.495 e. The van der Waals surface area contributed by atoms with Crippen LogP contribution < -0.4 is 10.1 Å². The SMILES string of the molecule is COc1ccc(Cl)cc1NC(=O)CN(C)C(=O)CN1CCCCCC1. The smallest absolute Gasteiger partial charge is 0.244 e. The minimum absolute atomic E-state index is 0.0116. The Kier molecular flexibility index (Phi) is 7.52. The summed E-state index contributed by atoms with van der Waals surface area (Å²) in [7, 11) is 3.17. The highest BCUT2D eigenvalue weighted by atomic mass is 35.5. The summed E-state index contributed by atoms with van der Waals surface area (Å²) >= 11 is 5.96. The fraction of sp³-hybridized carbons (Fsp3) is 0.556. The van der Waals surface area contributed by atoms with Gasteiger partial charge in [0.2, 0.25) is 11.8 Å².